The first-order valence-electron chi connectivity index (χ1n) is 10.1. The van der Waals surface area contributed by atoms with Crippen LogP contribution in [0.5, 0.6) is 0 Å². The van der Waals surface area contributed by atoms with Gasteiger partial charge in [0.1, 0.15) is 5.82 Å². The van der Waals surface area contributed by atoms with Crippen LogP contribution in [-0.2, 0) is 12.0 Å². The Balaban J connectivity index is 1.70. The topological polar surface area (TPSA) is 34.9 Å². The van der Waals surface area contributed by atoms with Crippen molar-refractivity contribution in [2.45, 2.75) is 39.7 Å². The first kappa shape index (κ1) is 23.3. The number of fused-ring (bicyclic) bond motifs is 1. The Bertz CT molecular complexity index is 1390. The molecule has 0 radical (unpaired) electrons. The molecule has 3 aromatic rings. The van der Waals surface area contributed by atoms with Gasteiger partial charge in [-0.15, -0.1) is 0 Å². The average molecular weight is 583 g/mol. The highest BCUT2D eigenvalue weighted by atomic mass is 127. The van der Waals surface area contributed by atoms with Crippen molar-refractivity contribution >= 4 is 63.2 Å². The number of nitrogens with zero attached hydrogens (tertiary/aromatic N) is 2. The molecule has 0 unspecified atom stereocenters. The summed E-state index contributed by atoms with van der Waals surface area (Å²) in [5.41, 5.74) is 3.65. The number of aryl methyl sites for hydroxylation is 1. The zero-order valence-electron chi connectivity index (χ0n) is 18.1. The van der Waals surface area contributed by atoms with Gasteiger partial charge in [-0.25, -0.2) is 9.07 Å². The molecule has 32 heavy (non-hydrogen) atoms. The smallest absolute Gasteiger partial charge is 0.267 e. The molecule has 0 fully saturated rings. The molecular formula is C25H22Cl2FIN2O. The van der Waals surface area contributed by atoms with Crippen molar-refractivity contribution in [3.8, 4) is 0 Å². The summed E-state index contributed by atoms with van der Waals surface area (Å²) in [6, 6.07) is 8.99. The third-order valence-corrected chi connectivity index (χ3v) is 8.26. The fraction of sp³-hybridized carbons (Fsp3) is 0.240. The first-order valence-corrected chi connectivity index (χ1v) is 13.0. The fourth-order valence-electron chi connectivity index (χ4n) is 3.67. The van der Waals surface area contributed by atoms with E-state index in [2.05, 4.69) is 25.9 Å². The van der Waals surface area contributed by atoms with Crippen LogP contribution in [0.3, 0.4) is 0 Å². The highest BCUT2D eigenvalue weighted by molar-refractivity contribution is 14.2. The standard InChI is InChI=1S/C25H22Cl2FIN2O/c1-14-7-19(25(2,3)4)8-18-12-30-31(24(32)23(14)18)13-16-6-5-15(9-20(16)28)17-10-21(26)29-22(27)11-17/h5-12H,13H2,1-4H3. The summed E-state index contributed by atoms with van der Waals surface area (Å²) in [6.45, 7) is 8.38. The number of aromatic nitrogens is 2. The summed E-state index contributed by atoms with van der Waals surface area (Å²) in [6.07, 6.45) is 5.35. The fourth-order valence-corrected chi connectivity index (χ4v) is 6.66. The Morgan fingerprint density at radius 3 is 2.53 bits per heavy atom. The third-order valence-electron chi connectivity index (χ3n) is 5.43. The monoisotopic (exact) mass is 582 g/mol. The van der Waals surface area contributed by atoms with Crippen molar-refractivity contribution in [2.75, 3.05) is 0 Å². The molecule has 0 saturated heterocycles. The van der Waals surface area contributed by atoms with E-state index in [-0.39, 0.29) is 17.5 Å². The summed E-state index contributed by atoms with van der Waals surface area (Å²) in [7, 11) is 0. The maximum Gasteiger partial charge on any atom is 0.275 e. The van der Waals surface area contributed by atoms with E-state index < -0.39 is 26.5 Å². The lowest BCUT2D eigenvalue weighted by Gasteiger charge is -2.20. The van der Waals surface area contributed by atoms with Crippen LogP contribution in [0.15, 0.2) is 56.5 Å². The first-order chi connectivity index (χ1) is 15.0. The molecule has 2 heterocycles. The molecule has 1 aromatic heterocycles. The molecule has 0 aliphatic carbocycles. The van der Waals surface area contributed by atoms with Gasteiger partial charge in [-0.2, -0.15) is 5.10 Å². The van der Waals surface area contributed by atoms with Crippen LogP contribution in [0.25, 0.3) is 16.3 Å². The molecule has 0 amide bonds. The third kappa shape index (κ3) is 4.75. The van der Waals surface area contributed by atoms with Crippen molar-refractivity contribution in [1.29, 1.82) is 0 Å². The summed E-state index contributed by atoms with van der Waals surface area (Å²) >= 11 is 11.8. The Morgan fingerprint density at radius 1 is 1.12 bits per heavy atom. The molecule has 1 aliphatic heterocycles. The molecule has 2 aromatic carbocycles. The molecule has 0 N–H and O–H groups in total. The Labute approximate surface area is 206 Å². The van der Waals surface area contributed by atoms with Gasteiger partial charge < -0.3 is 0 Å². The minimum Gasteiger partial charge on any atom is -0.267 e. The predicted octanol–water partition coefficient (Wildman–Crippen LogP) is 7.01. The van der Waals surface area contributed by atoms with Gasteiger partial charge in [0.05, 0.1) is 24.1 Å². The average Bonchev–Trinajstić information content (AvgIpc) is 2.69. The summed E-state index contributed by atoms with van der Waals surface area (Å²) in [5.74, 6) is -0.405. The number of hydrogen-bond donors (Lipinski definition) is 0. The quantitative estimate of drug-likeness (QED) is 0.311. The van der Waals surface area contributed by atoms with Crippen molar-refractivity contribution in [3.05, 3.63) is 90.1 Å². The Morgan fingerprint density at radius 2 is 1.88 bits per heavy atom. The summed E-state index contributed by atoms with van der Waals surface area (Å²) < 4.78 is 17.7. The van der Waals surface area contributed by atoms with E-state index in [4.69, 9.17) is 23.2 Å². The van der Waals surface area contributed by atoms with Crippen LogP contribution in [0.2, 0.25) is 0 Å². The summed E-state index contributed by atoms with van der Waals surface area (Å²) in [5, 5.41) is 5.74. The molecular weight excluding hydrogens is 561 g/mol. The number of allylic oxidation sites excluding steroid dienone is 3. The molecule has 0 bridgehead atoms. The molecule has 166 valence electrons. The van der Waals surface area contributed by atoms with E-state index in [9.17, 15) is 9.18 Å². The van der Waals surface area contributed by atoms with E-state index in [1.807, 2.05) is 37.3 Å². The predicted molar refractivity (Wildman–Crippen MR) is 142 cm³/mol. The van der Waals surface area contributed by atoms with Crippen LogP contribution >= 0.6 is 43.9 Å². The highest BCUT2D eigenvalue weighted by Gasteiger charge is 2.18. The minimum atomic E-state index is -0.517. The lowest BCUT2D eigenvalue weighted by Crippen LogP contribution is -2.25. The molecule has 0 spiro atoms. The van der Waals surface area contributed by atoms with Crippen LogP contribution in [0.1, 0.15) is 43.0 Å². The van der Waals surface area contributed by atoms with Crippen LogP contribution in [0.4, 0.5) is 4.39 Å². The van der Waals surface area contributed by atoms with Gasteiger partial charge in [0.25, 0.3) is 5.56 Å². The highest BCUT2D eigenvalue weighted by Crippen LogP contribution is 2.33. The summed E-state index contributed by atoms with van der Waals surface area (Å²) in [4.78, 5) is 13.1. The normalized spacial score (nSPS) is 14.5. The van der Waals surface area contributed by atoms with Crippen molar-refractivity contribution < 1.29 is 4.39 Å². The van der Waals surface area contributed by atoms with Gasteiger partial charge in [-0.1, -0.05) is 82.9 Å². The second-order valence-corrected chi connectivity index (χ2v) is 13.8. The molecule has 7 heteroatoms. The SMILES string of the molecule is Cc1cc(C(C)(C)C)cc2cnn(Cc3ccc(C4=CC(Cl)=IC(Cl)=C4)cc3F)c(=O)c12. The van der Waals surface area contributed by atoms with E-state index in [0.29, 0.717) is 22.5 Å². The second kappa shape index (κ2) is 8.84. The molecule has 4 rings (SSSR count). The zero-order valence-corrected chi connectivity index (χ0v) is 21.8. The molecule has 3 nitrogen and oxygen atoms in total. The second-order valence-electron chi connectivity index (χ2n) is 8.84. The number of halogens is 4. The Kier molecular flexibility index (Phi) is 6.45. The maximum absolute atomic E-state index is 14.9. The van der Waals surface area contributed by atoms with Gasteiger partial charge >= 0.3 is 0 Å². The van der Waals surface area contributed by atoms with Gasteiger partial charge in [-0.05, 0) is 58.9 Å². The minimum absolute atomic E-state index is 0.0321. The lowest BCUT2D eigenvalue weighted by atomic mass is 9.85. The van der Waals surface area contributed by atoms with E-state index in [1.54, 1.807) is 12.3 Å². The van der Waals surface area contributed by atoms with Gasteiger partial charge in [0.15, 0.2) is 0 Å². The largest absolute Gasteiger partial charge is 0.275 e. The van der Waals surface area contributed by atoms with Gasteiger partial charge in [0, 0.05) is 10.9 Å². The lowest BCUT2D eigenvalue weighted by molar-refractivity contribution is 0.574. The van der Waals surface area contributed by atoms with Gasteiger partial charge in [0.2, 0.25) is 0 Å². The van der Waals surface area contributed by atoms with Crippen molar-refractivity contribution in [1.82, 2.24) is 9.78 Å². The van der Waals surface area contributed by atoms with Crippen LogP contribution in [-0.4, -0.2) is 12.7 Å². The molecule has 0 saturated carbocycles. The van der Waals surface area contributed by atoms with Crippen molar-refractivity contribution in [3.63, 3.8) is 0 Å². The van der Waals surface area contributed by atoms with E-state index in [1.165, 1.54) is 10.7 Å². The molecule has 1 aliphatic rings. The number of hydrogen-bond acceptors (Lipinski definition) is 2. The van der Waals surface area contributed by atoms with E-state index >= 15 is 0 Å². The van der Waals surface area contributed by atoms with E-state index in [0.717, 1.165) is 22.1 Å². The maximum atomic E-state index is 14.9. The van der Waals surface area contributed by atoms with Crippen LogP contribution < -0.4 is 5.56 Å². The Hall–Kier alpha value is -1.83. The van der Waals surface area contributed by atoms with Crippen molar-refractivity contribution in [2.24, 2.45) is 0 Å². The van der Waals surface area contributed by atoms with Gasteiger partial charge in [-0.3, -0.25) is 4.79 Å². The van der Waals surface area contributed by atoms with Crippen LogP contribution in [0, 0.1) is 12.7 Å². The zero-order chi connectivity index (χ0) is 23.2. The number of benzene rings is 2. The molecule has 0 atom stereocenters. The number of rotatable bonds is 3.